The van der Waals surface area contributed by atoms with Gasteiger partial charge in [-0.2, -0.15) is 0 Å². The van der Waals surface area contributed by atoms with Crippen LogP contribution in [0.15, 0.2) is 4.99 Å². The molecule has 1 fully saturated rings. The molecular weight excluding hydrogens is 367 g/mol. The number of hydrogen-bond acceptors (Lipinski definition) is 2. The average Bonchev–Trinajstić information content (AvgIpc) is 2.72. The van der Waals surface area contributed by atoms with Gasteiger partial charge in [-0.3, -0.25) is 4.79 Å². The molecule has 0 aliphatic carbocycles. The second kappa shape index (κ2) is 9.41. The Labute approximate surface area is 140 Å². The first-order chi connectivity index (χ1) is 8.98. The minimum atomic E-state index is -0.00397. The van der Waals surface area contributed by atoms with Gasteiger partial charge in [0.15, 0.2) is 5.96 Å². The van der Waals surface area contributed by atoms with Crippen molar-refractivity contribution in [1.29, 1.82) is 0 Å². The molecule has 20 heavy (non-hydrogen) atoms. The fourth-order valence-electron chi connectivity index (χ4n) is 2.19. The largest absolute Gasteiger partial charge is 0.357 e. The Hall–Kier alpha value is -0.530. The van der Waals surface area contributed by atoms with Gasteiger partial charge in [0.05, 0.1) is 0 Å². The van der Waals surface area contributed by atoms with Crippen molar-refractivity contribution in [1.82, 2.24) is 15.5 Å². The van der Waals surface area contributed by atoms with Crippen LogP contribution in [0, 0.1) is 5.41 Å². The van der Waals surface area contributed by atoms with Gasteiger partial charge in [-0.05, 0) is 25.2 Å². The van der Waals surface area contributed by atoms with Gasteiger partial charge in [0.2, 0.25) is 5.91 Å². The topological polar surface area (TPSA) is 56.7 Å². The number of amides is 1. The third-order valence-electron chi connectivity index (χ3n) is 3.26. The Balaban J connectivity index is 0.00000361. The van der Waals surface area contributed by atoms with Crippen LogP contribution in [-0.2, 0) is 4.79 Å². The SMILES string of the molecule is CCCNC(=O)CN=C(NCC)N1CCC(C)(C)C1.I. The van der Waals surface area contributed by atoms with E-state index in [-0.39, 0.29) is 36.4 Å². The van der Waals surface area contributed by atoms with E-state index in [4.69, 9.17) is 0 Å². The van der Waals surface area contributed by atoms with E-state index in [2.05, 4.69) is 34.4 Å². The third kappa shape index (κ3) is 6.76. The standard InChI is InChI=1S/C14H28N4O.HI/c1-5-8-16-12(19)10-17-13(15-6-2)18-9-7-14(3,4)11-18;/h5-11H2,1-4H3,(H,15,17)(H,16,19);1H. The molecule has 1 amide bonds. The summed E-state index contributed by atoms with van der Waals surface area (Å²) in [4.78, 5) is 18.3. The lowest BCUT2D eigenvalue weighted by atomic mass is 9.93. The van der Waals surface area contributed by atoms with Crippen molar-refractivity contribution < 1.29 is 4.79 Å². The third-order valence-corrected chi connectivity index (χ3v) is 3.26. The molecule has 118 valence electrons. The number of aliphatic imine (C=N–C) groups is 1. The van der Waals surface area contributed by atoms with Crippen molar-refractivity contribution in [3.8, 4) is 0 Å². The van der Waals surface area contributed by atoms with E-state index in [1.54, 1.807) is 0 Å². The van der Waals surface area contributed by atoms with Crippen molar-refractivity contribution in [2.45, 2.75) is 40.5 Å². The van der Waals surface area contributed by atoms with Crippen LogP contribution in [-0.4, -0.2) is 49.5 Å². The van der Waals surface area contributed by atoms with Crippen LogP contribution >= 0.6 is 24.0 Å². The highest BCUT2D eigenvalue weighted by atomic mass is 127. The summed E-state index contributed by atoms with van der Waals surface area (Å²) >= 11 is 0. The van der Waals surface area contributed by atoms with Gasteiger partial charge in [-0.1, -0.05) is 20.8 Å². The fourth-order valence-corrected chi connectivity index (χ4v) is 2.19. The lowest BCUT2D eigenvalue weighted by Crippen LogP contribution is -2.41. The van der Waals surface area contributed by atoms with Gasteiger partial charge in [-0.25, -0.2) is 4.99 Å². The summed E-state index contributed by atoms with van der Waals surface area (Å²) in [5, 5.41) is 6.11. The van der Waals surface area contributed by atoms with Crippen LogP contribution in [0.1, 0.15) is 40.5 Å². The van der Waals surface area contributed by atoms with Gasteiger partial charge in [0.25, 0.3) is 0 Å². The fraction of sp³-hybridized carbons (Fsp3) is 0.857. The molecule has 0 radical (unpaired) electrons. The van der Waals surface area contributed by atoms with Crippen LogP contribution in [0.4, 0.5) is 0 Å². The number of nitrogens with one attached hydrogen (secondary N) is 2. The Morgan fingerprint density at radius 1 is 1.30 bits per heavy atom. The van der Waals surface area contributed by atoms with Crippen molar-refractivity contribution in [2.75, 3.05) is 32.7 Å². The summed E-state index contributed by atoms with van der Waals surface area (Å²) in [5.41, 5.74) is 0.334. The zero-order chi connectivity index (χ0) is 14.3. The molecule has 0 bridgehead atoms. The van der Waals surface area contributed by atoms with Crippen molar-refractivity contribution in [3.63, 3.8) is 0 Å². The first-order valence-electron chi connectivity index (χ1n) is 7.28. The van der Waals surface area contributed by atoms with Crippen molar-refractivity contribution in [2.24, 2.45) is 10.4 Å². The first-order valence-corrected chi connectivity index (χ1v) is 7.28. The molecule has 1 rings (SSSR count). The molecule has 0 spiro atoms. The first kappa shape index (κ1) is 19.5. The highest BCUT2D eigenvalue weighted by Gasteiger charge is 2.30. The number of guanidine groups is 1. The number of halogens is 1. The Morgan fingerprint density at radius 2 is 2.00 bits per heavy atom. The van der Waals surface area contributed by atoms with Gasteiger partial charge in [0, 0.05) is 26.2 Å². The predicted octanol–water partition coefficient (Wildman–Crippen LogP) is 1.83. The Bertz CT molecular complexity index is 331. The molecule has 1 saturated heterocycles. The summed E-state index contributed by atoms with van der Waals surface area (Å²) in [6.45, 7) is 12.4. The van der Waals surface area contributed by atoms with E-state index in [9.17, 15) is 4.79 Å². The van der Waals surface area contributed by atoms with Crippen LogP contribution in [0.3, 0.4) is 0 Å². The average molecular weight is 396 g/mol. The van der Waals surface area contributed by atoms with E-state index in [0.717, 1.165) is 38.6 Å². The van der Waals surface area contributed by atoms with Crippen LogP contribution in [0.2, 0.25) is 0 Å². The molecule has 5 nitrogen and oxygen atoms in total. The van der Waals surface area contributed by atoms with Gasteiger partial charge in [-0.15, -0.1) is 24.0 Å². The summed E-state index contributed by atoms with van der Waals surface area (Å²) < 4.78 is 0. The molecule has 1 heterocycles. The quantitative estimate of drug-likeness (QED) is 0.424. The number of likely N-dealkylation sites (tertiary alicyclic amines) is 1. The highest BCUT2D eigenvalue weighted by Crippen LogP contribution is 2.28. The smallest absolute Gasteiger partial charge is 0.241 e. The van der Waals surface area contributed by atoms with E-state index in [1.165, 1.54) is 6.42 Å². The van der Waals surface area contributed by atoms with Crippen molar-refractivity contribution in [3.05, 3.63) is 0 Å². The zero-order valence-electron chi connectivity index (χ0n) is 13.2. The molecule has 0 unspecified atom stereocenters. The van der Waals surface area contributed by atoms with Gasteiger partial charge < -0.3 is 15.5 Å². The minimum absolute atomic E-state index is 0. The lowest BCUT2D eigenvalue weighted by Gasteiger charge is -2.23. The maximum absolute atomic E-state index is 11.6. The Kier molecular flexibility index (Phi) is 9.16. The summed E-state index contributed by atoms with van der Waals surface area (Å²) in [5.74, 6) is 0.857. The van der Waals surface area contributed by atoms with Crippen molar-refractivity contribution >= 4 is 35.8 Å². The second-order valence-electron chi connectivity index (χ2n) is 5.86. The monoisotopic (exact) mass is 396 g/mol. The normalized spacial score (nSPS) is 17.6. The summed E-state index contributed by atoms with van der Waals surface area (Å²) in [6.07, 6.45) is 2.12. The number of rotatable bonds is 5. The van der Waals surface area contributed by atoms with E-state index >= 15 is 0 Å². The maximum Gasteiger partial charge on any atom is 0.241 e. The number of nitrogens with zero attached hydrogens (tertiary/aromatic N) is 2. The number of carbonyl (C=O) groups is 1. The molecule has 6 heteroatoms. The molecule has 1 aliphatic rings. The highest BCUT2D eigenvalue weighted by molar-refractivity contribution is 14.0. The van der Waals surface area contributed by atoms with Gasteiger partial charge >= 0.3 is 0 Å². The molecular formula is C14H29IN4O. The van der Waals surface area contributed by atoms with Gasteiger partial charge in [0.1, 0.15) is 6.54 Å². The maximum atomic E-state index is 11.6. The molecule has 1 aliphatic heterocycles. The molecule has 0 aromatic rings. The summed E-state index contributed by atoms with van der Waals surface area (Å²) in [7, 11) is 0. The molecule has 0 saturated carbocycles. The van der Waals surface area contributed by atoms with E-state index in [1.807, 2.05) is 13.8 Å². The lowest BCUT2D eigenvalue weighted by molar-refractivity contribution is -0.119. The molecule has 0 aromatic carbocycles. The number of carbonyl (C=O) groups excluding carboxylic acids is 1. The predicted molar refractivity (Wildman–Crippen MR) is 94.7 cm³/mol. The summed E-state index contributed by atoms with van der Waals surface area (Å²) in [6, 6.07) is 0. The number of hydrogen-bond donors (Lipinski definition) is 2. The molecule has 0 atom stereocenters. The van der Waals surface area contributed by atoms with E-state index in [0.29, 0.717) is 5.41 Å². The Morgan fingerprint density at radius 3 is 2.50 bits per heavy atom. The van der Waals surface area contributed by atoms with Crippen LogP contribution in [0.5, 0.6) is 0 Å². The molecule has 2 N–H and O–H groups in total. The van der Waals surface area contributed by atoms with Crippen LogP contribution < -0.4 is 10.6 Å². The van der Waals surface area contributed by atoms with Crippen LogP contribution in [0.25, 0.3) is 0 Å². The van der Waals surface area contributed by atoms with E-state index < -0.39 is 0 Å². The minimum Gasteiger partial charge on any atom is -0.357 e. The molecule has 0 aromatic heterocycles. The zero-order valence-corrected chi connectivity index (χ0v) is 15.5. The second-order valence-corrected chi connectivity index (χ2v) is 5.86.